The van der Waals surface area contributed by atoms with Crippen LogP contribution < -0.4 is 5.32 Å². The molecule has 12 atom stereocenters. The Morgan fingerprint density at radius 1 is 1.02 bits per heavy atom. The molecule has 9 heteroatoms. The molecule has 2 N–H and O–H groups in total. The summed E-state index contributed by atoms with van der Waals surface area (Å²) in [5.74, 6) is -0.801. The van der Waals surface area contributed by atoms with Crippen LogP contribution in [0.1, 0.15) is 107 Å². The van der Waals surface area contributed by atoms with Gasteiger partial charge in [-0.3, -0.25) is 14.4 Å². The van der Waals surface area contributed by atoms with E-state index >= 15 is 0 Å². The molecule has 2 bridgehead atoms. The van der Waals surface area contributed by atoms with Crippen LogP contribution in [-0.4, -0.2) is 74.2 Å². The summed E-state index contributed by atoms with van der Waals surface area (Å²) in [5, 5.41) is 14.2. The van der Waals surface area contributed by atoms with Crippen LogP contribution >= 0.6 is 0 Å². The van der Waals surface area contributed by atoms with Crippen LogP contribution in [0.5, 0.6) is 0 Å². The monoisotopic (exact) mass is 671 g/mol. The number of esters is 2. The molecule has 6 rings (SSSR count). The molecule has 3 saturated carbocycles. The third kappa shape index (κ3) is 5.39. The Bertz CT molecular complexity index is 1310. The van der Waals surface area contributed by atoms with Crippen molar-refractivity contribution in [2.45, 2.75) is 125 Å². The lowest BCUT2D eigenvalue weighted by Gasteiger charge is -2.71. The second-order valence-corrected chi connectivity index (χ2v) is 17.9. The minimum absolute atomic E-state index is 0.0686. The van der Waals surface area contributed by atoms with Crippen molar-refractivity contribution in [3.63, 3.8) is 0 Å². The van der Waals surface area contributed by atoms with Gasteiger partial charge in [0.05, 0.1) is 31.8 Å². The summed E-state index contributed by atoms with van der Waals surface area (Å²) in [6.45, 7) is 19.6. The number of ether oxygens (including phenoxy) is 4. The van der Waals surface area contributed by atoms with E-state index in [2.05, 4.69) is 59.9 Å². The van der Waals surface area contributed by atoms with Crippen molar-refractivity contribution in [2.75, 3.05) is 32.9 Å². The van der Waals surface area contributed by atoms with Crippen LogP contribution in [0.2, 0.25) is 0 Å². The number of carboxylic acids is 1. The SMILES string of the molecule is CC(=O)O[C@@H]1C[C@]23COC[C@](C)([C@@H]2CC[C@H]2C3=CC[C@@]3(C)[C@H](C(=O)O)[C@@](C)([C@H](C)C(C)C)CC[C@]23C)[C@H]1OC(=O)CNCC1CCCO1. The molecule has 5 fully saturated rings. The molecule has 1 unspecified atom stereocenters. The number of allylic oxidation sites excluding steroid dienone is 1. The van der Waals surface area contributed by atoms with Gasteiger partial charge in [-0.05, 0) is 91.3 Å². The minimum atomic E-state index is -0.668. The van der Waals surface area contributed by atoms with Crippen LogP contribution in [0.4, 0.5) is 0 Å². The molecule has 2 heterocycles. The highest BCUT2D eigenvalue weighted by atomic mass is 16.6. The van der Waals surface area contributed by atoms with Crippen LogP contribution in [0.15, 0.2) is 11.6 Å². The summed E-state index contributed by atoms with van der Waals surface area (Å²) in [6, 6.07) is 0. The van der Waals surface area contributed by atoms with Gasteiger partial charge >= 0.3 is 17.9 Å². The van der Waals surface area contributed by atoms with Crippen molar-refractivity contribution < 1.29 is 38.4 Å². The predicted octanol–water partition coefficient (Wildman–Crippen LogP) is 6.19. The molecule has 0 aromatic carbocycles. The van der Waals surface area contributed by atoms with Gasteiger partial charge in [0.1, 0.15) is 12.2 Å². The first-order chi connectivity index (χ1) is 22.5. The number of rotatable bonds is 9. The molecule has 0 aromatic heterocycles. The number of carbonyl (C=O) groups excluding carboxylic acids is 2. The summed E-state index contributed by atoms with van der Waals surface area (Å²) >= 11 is 0. The lowest BCUT2D eigenvalue weighted by molar-refractivity contribution is -0.262. The van der Waals surface area contributed by atoms with Crippen LogP contribution in [0.25, 0.3) is 0 Å². The molecule has 0 aromatic rings. The number of fused-ring (bicyclic) bond motifs is 3. The molecule has 2 aliphatic heterocycles. The van der Waals surface area contributed by atoms with Gasteiger partial charge in [-0.15, -0.1) is 0 Å². The molecule has 6 aliphatic rings. The number of hydrogen-bond acceptors (Lipinski definition) is 8. The fourth-order valence-corrected chi connectivity index (χ4v) is 12.4. The van der Waals surface area contributed by atoms with Gasteiger partial charge in [-0.25, -0.2) is 0 Å². The number of carbonyl (C=O) groups is 3. The lowest BCUT2D eigenvalue weighted by Crippen LogP contribution is -2.70. The minimum Gasteiger partial charge on any atom is -0.481 e. The van der Waals surface area contributed by atoms with Crippen LogP contribution in [0.3, 0.4) is 0 Å². The van der Waals surface area contributed by atoms with Crippen LogP contribution in [0, 0.1) is 56.7 Å². The zero-order chi connectivity index (χ0) is 34.9. The zero-order valence-electron chi connectivity index (χ0n) is 30.7. The first kappa shape index (κ1) is 35.8. The third-order valence-corrected chi connectivity index (χ3v) is 15.3. The lowest BCUT2D eigenvalue weighted by atomic mass is 9.34. The second-order valence-electron chi connectivity index (χ2n) is 17.9. The zero-order valence-corrected chi connectivity index (χ0v) is 30.7. The van der Waals surface area contributed by atoms with Crippen molar-refractivity contribution in [1.82, 2.24) is 5.32 Å². The van der Waals surface area contributed by atoms with Crippen molar-refractivity contribution >= 4 is 17.9 Å². The molecule has 48 heavy (non-hydrogen) atoms. The summed E-state index contributed by atoms with van der Waals surface area (Å²) in [7, 11) is 0. The number of hydrogen-bond donors (Lipinski definition) is 2. The van der Waals surface area contributed by atoms with E-state index < -0.39 is 34.9 Å². The first-order valence-corrected chi connectivity index (χ1v) is 18.7. The Kier molecular flexibility index (Phi) is 9.46. The van der Waals surface area contributed by atoms with Gasteiger partial charge in [0.15, 0.2) is 0 Å². The van der Waals surface area contributed by atoms with E-state index in [1.54, 1.807) is 0 Å². The Balaban J connectivity index is 1.32. The summed E-state index contributed by atoms with van der Waals surface area (Å²) in [5.41, 5.74) is -0.470. The van der Waals surface area contributed by atoms with Gasteiger partial charge in [0, 0.05) is 30.9 Å². The van der Waals surface area contributed by atoms with Crippen molar-refractivity contribution in [3.05, 3.63) is 11.6 Å². The molecule has 0 amide bonds. The number of aliphatic carboxylic acids is 1. The largest absolute Gasteiger partial charge is 0.481 e. The summed E-state index contributed by atoms with van der Waals surface area (Å²) < 4.78 is 24.6. The fraction of sp³-hybridized carbons (Fsp3) is 0.872. The van der Waals surface area contributed by atoms with Crippen LogP contribution in [-0.2, 0) is 33.3 Å². The normalized spacial score (nSPS) is 45.6. The first-order valence-electron chi connectivity index (χ1n) is 18.7. The van der Waals surface area contributed by atoms with E-state index in [0.29, 0.717) is 38.5 Å². The van der Waals surface area contributed by atoms with E-state index in [0.717, 1.165) is 45.1 Å². The summed E-state index contributed by atoms with van der Waals surface area (Å²) in [6.07, 6.45) is 8.32. The highest BCUT2D eigenvalue weighted by Crippen LogP contribution is 2.75. The maximum absolute atomic E-state index is 13.4. The molecule has 9 nitrogen and oxygen atoms in total. The van der Waals surface area contributed by atoms with Gasteiger partial charge in [-0.2, -0.15) is 0 Å². The highest BCUT2D eigenvalue weighted by Gasteiger charge is 2.72. The van der Waals surface area contributed by atoms with Crippen molar-refractivity contribution in [1.29, 1.82) is 0 Å². The Labute approximate surface area is 287 Å². The number of nitrogens with one attached hydrogen (secondary N) is 1. The van der Waals surface area contributed by atoms with E-state index in [-0.39, 0.29) is 58.6 Å². The van der Waals surface area contributed by atoms with Crippen molar-refractivity contribution in [3.8, 4) is 0 Å². The van der Waals surface area contributed by atoms with Gasteiger partial charge in [0.25, 0.3) is 0 Å². The topological polar surface area (TPSA) is 120 Å². The van der Waals surface area contributed by atoms with Crippen molar-refractivity contribution in [2.24, 2.45) is 56.7 Å². The molecular weight excluding hydrogens is 610 g/mol. The second kappa shape index (κ2) is 12.7. The third-order valence-electron chi connectivity index (χ3n) is 15.3. The maximum Gasteiger partial charge on any atom is 0.320 e. The molecule has 0 spiro atoms. The average molecular weight is 672 g/mol. The van der Waals surface area contributed by atoms with Gasteiger partial charge < -0.3 is 29.4 Å². The van der Waals surface area contributed by atoms with E-state index in [1.807, 2.05) is 0 Å². The molecule has 4 aliphatic carbocycles. The molecule has 2 saturated heterocycles. The van der Waals surface area contributed by atoms with E-state index in [9.17, 15) is 19.5 Å². The Hall–Kier alpha value is -1.97. The maximum atomic E-state index is 13.4. The fourth-order valence-electron chi connectivity index (χ4n) is 12.4. The standard InChI is InChI=1S/C39H61NO8/c1-23(2)24(3)35(5)15-16-37(7)27-11-12-30-36(6)21-45-22-39(30,28(27)13-14-38(37,8)32(35)34(43)44)18-29(47-25(4)41)33(36)48-31(42)20-40-19-26-10-9-17-46-26/h13,23-24,26-27,29-30,32-33,40H,9-12,14-22H2,1-8H3,(H,43,44)/t24-,26?,27+,29-,30+,32-,33+,35-,36-,37-,38+,39-/m1/s1. The highest BCUT2D eigenvalue weighted by molar-refractivity contribution is 5.73. The van der Waals surface area contributed by atoms with Gasteiger partial charge in [-0.1, -0.05) is 60.1 Å². The van der Waals surface area contributed by atoms with E-state index in [4.69, 9.17) is 18.9 Å². The molecular formula is C39H61NO8. The summed E-state index contributed by atoms with van der Waals surface area (Å²) in [4.78, 5) is 39.2. The predicted molar refractivity (Wildman–Crippen MR) is 181 cm³/mol. The molecule has 270 valence electrons. The molecule has 0 radical (unpaired) electrons. The smallest absolute Gasteiger partial charge is 0.320 e. The average Bonchev–Trinajstić information content (AvgIpc) is 3.52. The quantitative estimate of drug-likeness (QED) is 0.219. The Morgan fingerprint density at radius 2 is 1.77 bits per heavy atom. The Morgan fingerprint density at radius 3 is 2.42 bits per heavy atom. The van der Waals surface area contributed by atoms with E-state index in [1.165, 1.54) is 12.5 Å². The number of carboxylic acid groups (broad SMARTS) is 1. The van der Waals surface area contributed by atoms with Gasteiger partial charge in [0.2, 0.25) is 0 Å².